The van der Waals surface area contributed by atoms with Crippen LogP contribution in [0.4, 0.5) is 0 Å². The summed E-state index contributed by atoms with van der Waals surface area (Å²) in [6.07, 6.45) is 1.80. The Morgan fingerprint density at radius 2 is 2.19 bits per heavy atom. The maximum absolute atomic E-state index is 12.3. The van der Waals surface area contributed by atoms with Gasteiger partial charge < -0.3 is 10.4 Å². The zero-order valence-corrected chi connectivity index (χ0v) is 12.9. The zero-order chi connectivity index (χ0) is 15.6. The molecule has 1 amide bonds. The number of nitrogens with zero attached hydrogens (tertiary/aromatic N) is 3. The minimum Gasteiger partial charge on any atom is -0.393 e. The van der Waals surface area contributed by atoms with Gasteiger partial charge in [0.1, 0.15) is 0 Å². The summed E-state index contributed by atoms with van der Waals surface area (Å²) in [5.41, 5.74) is 2.05. The zero-order valence-electron chi connectivity index (χ0n) is 12.9. The normalized spacial score (nSPS) is 12.9. The van der Waals surface area contributed by atoms with Gasteiger partial charge in [-0.1, -0.05) is 13.8 Å². The standard InChI is InChI=1S/C15H22N4O2/c1-9(2)13(20)5-6-16-15(21)11-7-10(3)18-14-12(11)8-17-19(14)4/h7-9,13,20H,5-6H2,1-4H3,(H,16,21). The highest BCUT2D eigenvalue weighted by molar-refractivity contribution is 6.05. The lowest BCUT2D eigenvalue weighted by atomic mass is 10.0. The summed E-state index contributed by atoms with van der Waals surface area (Å²) in [5.74, 6) is 0.0320. The molecule has 0 saturated heterocycles. The molecule has 0 aromatic carbocycles. The Morgan fingerprint density at radius 3 is 2.86 bits per heavy atom. The summed E-state index contributed by atoms with van der Waals surface area (Å²) in [7, 11) is 1.80. The van der Waals surface area contributed by atoms with Gasteiger partial charge in [0.25, 0.3) is 5.91 Å². The van der Waals surface area contributed by atoms with Gasteiger partial charge in [0.2, 0.25) is 0 Å². The predicted molar refractivity (Wildman–Crippen MR) is 81.0 cm³/mol. The summed E-state index contributed by atoms with van der Waals surface area (Å²) in [6, 6.07) is 1.76. The van der Waals surface area contributed by atoms with E-state index in [0.717, 1.165) is 11.1 Å². The van der Waals surface area contributed by atoms with Crippen LogP contribution < -0.4 is 5.32 Å². The Bertz CT molecular complexity index is 648. The topological polar surface area (TPSA) is 80.0 Å². The fourth-order valence-corrected chi connectivity index (χ4v) is 2.19. The van der Waals surface area contributed by atoms with Crippen molar-refractivity contribution in [1.29, 1.82) is 0 Å². The second-order valence-electron chi connectivity index (χ2n) is 5.67. The van der Waals surface area contributed by atoms with Crippen LogP contribution in [0.3, 0.4) is 0 Å². The van der Waals surface area contributed by atoms with E-state index < -0.39 is 6.10 Å². The molecule has 6 heteroatoms. The molecule has 1 atom stereocenters. The first-order valence-corrected chi connectivity index (χ1v) is 7.15. The molecule has 114 valence electrons. The second-order valence-corrected chi connectivity index (χ2v) is 5.67. The highest BCUT2D eigenvalue weighted by Crippen LogP contribution is 2.17. The van der Waals surface area contributed by atoms with E-state index in [1.165, 1.54) is 0 Å². The van der Waals surface area contributed by atoms with E-state index in [0.29, 0.717) is 24.2 Å². The number of aliphatic hydroxyl groups is 1. The summed E-state index contributed by atoms with van der Waals surface area (Å²) in [5, 5.41) is 17.5. The van der Waals surface area contributed by atoms with Crippen LogP contribution in [0.15, 0.2) is 12.3 Å². The van der Waals surface area contributed by atoms with E-state index in [2.05, 4.69) is 15.4 Å². The largest absolute Gasteiger partial charge is 0.393 e. The number of nitrogens with one attached hydrogen (secondary N) is 1. The maximum atomic E-state index is 12.3. The molecule has 0 spiro atoms. The first-order chi connectivity index (χ1) is 9.90. The van der Waals surface area contributed by atoms with Crippen LogP contribution in [0, 0.1) is 12.8 Å². The van der Waals surface area contributed by atoms with Crippen LogP contribution in [0.5, 0.6) is 0 Å². The number of amides is 1. The van der Waals surface area contributed by atoms with E-state index in [9.17, 15) is 9.90 Å². The number of fused-ring (bicyclic) bond motifs is 1. The highest BCUT2D eigenvalue weighted by atomic mass is 16.3. The number of pyridine rings is 1. The van der Waals surface area contributed by atoms with Crippen molar-refractivity contribution in [2.24, 2.45) is 13.0 Å². The quantitative estimate of drug-likeness (QED) is 0.872. The van der Waals surface area contributed by atoms with Crippen molar-refractivity contribution in [3.05, 3.63) is 23.5 Å². The average molecular weight is 290 g/mol. The molecular weight excluding hydrogens is 268 g/mol. The van der Waals surface area contributed by atoms with Crippen molar-refractivity contribution in [3.63, 3.8) is 0 Å². The van der Waals surface area contributed by atoms with Gasteiger partial charge in [-0.05, 0) is 25.3 Å². The fourth-order valence-electron chi connectivity index (χ4n) is 2.19. The number of carbonyl (C=O) groups is 1. The molecule has 6 nitrogen and oxygen atoms in total. The van der Waals surface area contributed by atoms with Crippen LogP contribution in [-0.4, -0.2) is 38.4 Å². The van der Waals surface area contributed by atoms with Crippen molar-refractivity contribution < 1.29 is 9.90 Å². The van der Waals surface area contributed by atoms with Crippen molar-refractivity contribution in [3.8, 4) is 0 Å². The van der Waals surface area contributed by atoms with E-state index in [1.54, 1.807) is 24.0 Å². The van der Waals surface area contributed by atoms with E-state index in [4.69, 9.17) is 0 Å². The molecule has 21 heavy (non-hydrogen) atoms. The monoisotopic (exact) mass is 290 g/mol. The molecule has 0 bridgehead atoms. The number of hydrogen-bond donors (Lipinski definition) is 2. The van der Waals surface area contributed by atoms with E-state index in [1.807, 2.05) is 20.8 Å². The Kier molecular flexibility index (Phi) is 4.57. The number of aromatic nitrogens is 3. The first-order valence-electron chi connectivity index (χ1n) is 7.15. The van der Waals surface area contributed by atoms with Crippen LogP contribution >= 0.6 is 0 Å². The van der Waals surface area contributed by atoms with Gasteiger partial charge in [-0.25, -0.2) is 4.98 Å². The smallest absolute Gasteiger partial charge is 0.252 e. The number of aryl methyl sites for hydroxylation is 2. The minimum atomic E-state index is -0.400. The van der Waals surface area contributed by atoms with Crippen LogP contribution in [-0.2, 0) is 7.05 Å². The maximum Gasteiger partial charge on any atom is 0.252 e. The van der Waals surface area contributed by atoms with E-state index >= 15 is 0 Å². The molecule has 2 aromatic heterocycles. The van der Waals surface area contributed by atoms with Crippen molar-refractivity contribution in [1.82, 2.24) is 20.1 Å². The molecule has 0 aliphatic carbocycles. The van der Waals surface area contributed by atoms with Crippen LogP contribution in [0.25, 0.3) is 11.0 Å². The molecule has 2 heterocycles. The van der Waals surface area contributed by atoms with Crippen LogP contribution in [0.1, 0.15) is 36.3 Å². The Labute approximate surface area is 124 Å². The molecule has 2 rings (SSSR count). The first kappa shape index (κ1) is 15.4. The second kappa shape index (κ2) is 6.22. The molecular formula is C15H22N4O2. The molecule has 2 aromatic rings. The Balaban J connectivity index is 2.13. The van der Waals surface area contributed by atoms with Crippen molar-refractivity contribution in [2.45, 2.75) is 33.3 Å². The highest BCUT2D eigenvalue weighted by Gasteiger charge is 2.15. The number of hydrogen-bond acceptors (Lipinski definition) is 4. The van der Waals surface area contributed by atoms with Gasteiger partial charge >= 0.3 is 0 Å². The number of rotatable bonds is 5. The SMILES string of the molecule is Cc1cc(C(=O)NCCC(O)C(C)C)c2cnn(C)c2n1. The molecule has 0 radical (unpaired) electrons. The lowest BCUT2D eigenvalue weighted by Crippen LogP contribution is -2.29. The van der Waals surface area contributed by atoms with Crippen molar-refractivity contribution in [2.75, 3.05) is 6.54 Å². The van der Waals surface area contributed by atoms with E-state index in [-0.39, 0.29) is 11.8 Å². The third-order valence-electron chi connectivity index (χ3n) is 3.57. The molecule has 1 unspecified atom stereocenters. The Morgan fingerprint density at radius 1 is 1.48 bits per heavy atom. The van der Waals surface area contributed by atoms with Gasteiger partial charge in [0.15, 0.2) is 5.65 Å². The third kappa shape index (κ3) is 3.39. The van der Waals surface area contributed by atoms with Gasteiger partial charge in [-0.3, -0.25) is 9.48 Å². The summed E-state index contributed by atoms with van der Waals surface area (Å²) in [6.45, 7) is 6.21. The lowest BCUT2D eigenvalue weighted by Gasteiger charge is -2.14. The molecule has 2 N–H and O–H groups in total. The fraction of sp³-hybridized carbons (Fsp3) is 0.533. The summed E-state index contributed by atoms with van der Waals surface area (Å²) >= 11 is 0. The Hall–Kier alpha value is -1.95. The summed E-state index contributed by atoms with van der Waals surface area (Å²) < 4.78 is 1.65. The summed E-state index contributed by atoms with van der Waals surface area (Å²) in [4.78, 5) is 16.7. The molecule has 0 fully saturated rings. The number of aliphatic hydroxyl groups excluding tert-OH is 1. The molecule has 0 aliphatic heterocycles. The number of carbonyl (C=O) groups excluding carboxylic acids is 1. The molecule has 0 aliphatic rings. The predicted octanol–water partition coefficient (Wildman–Crippen LogP) is 1.41. The van der Waals surface area contributed by atoms with Crippen LogP contribution in [0.2, 0.25) is 0 Å². The lowest BCUT2D eigenvalue weighted by molar-refractivity contribution is 0.0921. The van der Waals surface area contributed by atoms with Gasteiger partial charge in [-0.15, -0.1) is 0 Å². The van der Waals surface area contributed by atoms with Crippen molar-refractivity contribution >= 4 is 16.9 Å². The third-order valence-corrected chi connectivity index (χ3v) is 3.57. The van der Waals surface area contributed by atoms with Gasteiger partial charge in [0.05, 0.1) is 23.3 Å². The average Bonchev–Trinajstić information content (AvgIpc) is 2.79. The minimum absolute atomic E-state index is 0.158. The van der Waals surface area contributed by atoms with Gasteiger partial charge in [-0.2, -0.15) is 5.10 Å². The molecule has 0 saturated carbocycles. The van der Waals surface area contributed by atoms with Gasteiger partial charge in [0, 0.05) is 19.3 Å².